The maximum atomic E-state index is 12.4. The monoisotopic (exact) mass is 419 g/mol. The van der Waals surface area contributed by atoms with Gasteiger partial charge in [-0.25, -0.2) is 0 Å². The van der Waals surface area contributed by atoms with Gasteiger partial charge in [-0.2, -0.15) is 0 Å². The van der Waals surface area contributed by atoms with Gasteiger partial charge < -0.3 is 5.73 Å². The highest BCUT2D eigenvalue weighted by atomic mass is 16.1. The molecule has 2 N–H and O–H groups in total. The SMILES string of the molecule is N[C@]1(Cc2ccc3ccccc3c2)C[C@H]1c1ccc(CC(=O)CCc2ccccc2)cc1. The topological polar surface area (TPSA) is 43.1 Å². The highest BCUT2D eigenvalue weighted by molar-refractivity contribution is 5.83. The first kappa shape index (κ1) is 20.7. The molecule has 0 spiro atoms. The van der Waals surface area contributed by atoms with Crippen molar-refractivity contribution in [2.24, 2.45) is 5.73 Å². The summed E-state index contributed by atoms with van der Waals surface area (Å²) in [7, 11) is 0. The number of Topliss-reactive ketones (excluding diaryl/α,β-unsaturated/α-hetero) is 1. The Balaban J connectivity index is 1.17. The molecule has 0 saturated heterocycles. The molecule has 0 aromatic heterocycles. The second kappa shape index (κ2) is 8.72. The van der Waals surface area contributed by atoms with E-state index in [1.165, 1.54) is 27.5 Å². The number of hydrogen-bond donors (Lipinski definition) is 1. The molecule has 0 radical (unpaired) electrons. The van der Waals surface area contributed by atoms with Crippen LogP contribution in [0.5, 0.6) is 0 Å². The van der Waals surface area contributed by atoms with Gasteiger partial charge in [0, 0.05) is 24.3 Å². The zero-order valence-electron chi connectivity index (χ0n) is 18.3. The highest BCUT2D eigenvalue weighted by Crippen LogP contribution is 2.51. The third-order valence-electron chi connectivity index (χ3n) is 6.78. The van der Waals surface area contributed by atoms with E-state index in [0.29, 0.717) is 18.8 Å². The fourth-order valence-electron chi connectivity index (χ4n) is 4.81. The molecule has 2 atom stereocenters. The van der Waals surface area contributed by atoms with Gasteiger partial charge in [0.15, 0.2) is 0 Å². The smallest absolute Gasteiger partial charge is 0.137 e. The van der Waals surface area contributed by atoms with Crippen LogP contribution in [0, 0.1) is 0 Å². The predicted octanol–water partition coefficient (Wildman–Crippen LogP) is 6.01. The molecule has 2 nitrogen and oxygen atoms in total. The number of aryl methyl sites for hydroxylation is 1. The number of nitrogens with two attached hydrogens (primary N) is 1. The third kappa shape index (κ3) is 4.66. The Morgan fingerprint density at radius 3 is 2.25 bits per heavy atom. The van der Waals surface area contributed by atoms with Crippen molar-refractivity contribution in [1.82, 2.24) is 0 Å². The molecule has 4 aromatic rings. The molecule has 2 heteroatoms. The molecule has 0 amide bonds. The van der Waals surface area contributed by atoms with Gasteiger partial charge in [0.1, 0.15) is 5.78 Å². The Bertz CT molecular complexity index is 1230. The molecule has 1 saturated carbocycles. The van der Waals surface area contributed by atoms with Crippen molar-refractivity contribution in [3.63, 3.8) is 0 Å². The largest absolute Gasteiger partial charge is 0.324 e. The molecular weight excluding hydrogens is 390 g/mol. The zero-order valence-corrected chi connectivity index (χ0v) is 18.3. The summed E-state index contributed by atoms with van der Waals surface area (Å²) in [6.45, 7) is 0. The summed E-state index contributed by atoms with van der Waals surface area (Å²) in [5.41, 5.74) is 11.5. The van der Waals surface area contributed by atoms with Crippen LogP contribution >= 0.6 is 0 Å². The van der Waals surface area contributed by atoms with Crippen LogP contribution in [0.15, 0.2) is 97.1 Å². The van der Waals surface area contributed by atoms with Crippen LogP contribution in [0.2, 0.25) is 0 Å². The maximum Gasteiger partial charge on any atom is 0.137 e. The van der Waals surface area contributed by atoms with E-state index in [2.05, 4.69) is 78.9 Å². The Kier molecular flexibility index (Phi) is 5.63. The lowest BCUT2D eigenvalue weighted by Crippen LogP contribution is -2.27. The van der Waals surface area contributed by atoms with Crippen molar-refractivity contribution in [1.29, 1.82) is 0 Å². The molecule has 1 fully saturated rings. The van der Waals surface area contributed by atoms with Gasteiger partial charge in [-0.3, -0.25) is 4.79 Å². The normalized spacial score (nSPS) is 19.7. The molecule has 0 unspecified atom stereocenters. The Labute approximate surface area is 190 Å². The molecule has 1 aliphatic carbocycles. The van der Waals surface area contributed by atoms with Gasteiger partial charge in [0.25, 0.3) is 0 Å². The van der Waals surface area contributed by atoms with Gasteiger partial charge >= 0.3 is 0 Å². The molecule has 32 heavy (non-hydrogen) atoms. The van der Waals surface area contributed by atoms with Crippen LogP contribution in [0.4, 0.5) is 0 Å². The van der Waals surface area contributed by atoms with Crippen LogP contribution in [0.25, 0.3) is 10.8 Å². The van der Waals surface area contributed by atoms with Gasteiger partial charge in [-0.05, 0) is 52.3 Å². The minimum Gasteiger partial charge on any atom is -0.324 e. The van der Waals surface area contributed by atoms with Crippen LogP contribution in [0.3, 0.4) is 0 Å². The van der Waals surface area contributed by atoms with Crippen LogP contribution in [-0.2, 0) is 24.1 Å². The number of rotatable bonds is 8. The summed E-state index contributed by atoms with van der Waals surface area (Å²) in [4.78, 5) is 12.4. The van der Waals surface area contributed by atoms with Gasteiger partial charge in [0.2, 0.25) is 0 Å². The summed E-state index contributed by atoms with van der Waals surface area (Å²) in [5, 5.41) is 2.54. The molecule has 0 bridgehead atoms. The third-order valence-corrected chi connectivity index (χ3v) is 6.78. The number of hydrogen-bond acceptors (Lipinski definition) is 2. The molecule has 0 aliphatic heterocycles. The van der Waals surface area contributed by atoms with E-state index >= 15 is 0 Å². The van der Waals surface area contributed by atoms with Crippen molar-refractivity contribution < 1.29 is 4.79 Å². The van der Waals surface area contributed by atoms with E-state index in [1.54, 1.807) is 0 Å². The fraction of sp³-hybridized carbons (Fsp3) is 0.233. The molecule has 5 rings (SSSR count). The van der Waals surface area contributed by atoms with Crippen molar-refractivity contribution in [2.45, 2.75) is 43.6 Å². The predicted molar refractivity (Wildman–Crippen MR) is 132 cm³/mol. The maximum absolute atomic E-state index is 12.4. The van der Waals surface area contributed by atoms with Crippen molar-refractivity contribution in [3.8, 4) is 0 Å². The van der Waals surface area contributed by atoms with Crippen molar-refractivity contribution in [2.75, 3.05) is 0 Å². The van der Waals surface area contributed by atoms with E-state index in [4.69, 9.17) is 5.73 Å². The lowest BCUT2D eigenvalue weighted by molar-refractivity contribution is -0.118. The van der Waals surface area contributed by atoms with E-state index < -0.39 is 0 Å². The molecule has 4 aromatic carbocycles. The molecular formula is C30H29NO. The Morgan fingerprint density at radius 2 is 1.47 bits per heavy atom. The lowest BCUT2D eigenvalue weighted by Gasteiger charge is -2.13. The van der Waals surface area contributed by atoms with E-state index in [-0.39, 0.29) is 11.3 Å². The zero-order chi connectivity index (χ0) is 22.0. The number of ketones is 1. The van der Waals surface area contributed by atoms with Crippen LogP contribution < -0.4 is 5.73 Å². The summed E-state index contributed by atoms with van der Waals surface area (Å²) in [6, 6.07) is 33.9. The standard InChI is InChI=1S/C30H29NO/c31-30(20-24-12-14-25-8-4-5-9-27(25)18-24)21-29(30)26-15-10-23(11-16-26)19-28(32)17-13-22-6-2-1-3-7-22/h1-12,14-16,18,29H,13,17,19-21,31H2/t29-,30+/m0/s1. The Morgan fingerprint density at radius 1 is 0.781 bits per heavy atom. The second-order valence-electron chi connectivity index (χ2n) is 9.29. The van der Waals surface area contributed by atoms with Crippen LogP contribution in [0.1, 0.15) is 41.0 Å². The van der Waals surface area contributed by atoms with Crippen LogP contribution in [-0.4, -0.2) is 11.3 Å². The minimum absolute atomic E-state index is 0.171. The minimum atomic E-state index is -0.171. The van der Waals surface area contributed by atoms with Crippen molar-refractivity contribution in [3.05, 3.63) is 119 Å². The van der Waals surface area contributed by atoms with Crippen molar-refractivity contribution >= 4 is 16.6 Å². The average molecular weight is 420 g/mol. The van der Waals surface area contributed by atoms with Gasteiger partial charge in [-0.1, -0.05) is 97.1 Å². The number of fused-ring (bicyclic) bond motifs is 1. The first-order valence-electron chi connectivity index (χ1n) is 11.5. The summed E-state index contributed by atoms with van der Waals surface area (Å²) < 4.78 is 0. The van der Waals surface area contributed by atoms with E-state index in [1.807, 2.05) is 18.2 Å². The summed E-state index contributed by atoms with van der Waals surface area (Å²) in [6.07, 6.45) is 3.80. The van der Waals surface area contributed by atoms with E-state index in [0.717, 1.165) is 24.8 Å². The number of benzene rings is 4. The molecule has 160 valence electrons. The highest BCUT2D eigenvalue weighted by Gasteiger charge is 2.51. The lowest BCUT2D eigenvalue weighted by atomic mass is 9.96. The summed E-state index contributed by atoms with van der Waals surface area (Å²) in [5.74, 6) is 0.675. The second-order valence-corrected chi connectivity index (χ2v) is 9.29. The Hall–Kier alpha value is -3.23. The molecule has 0 heterocycles. The first-order valence-corrected chi connectivity index (χ1v) is 11.5. The first-order chi connectivity index (χ1) is 15.6. The van der Waals surface area contributed by atoms with Gasteiger partial charge in [-0.15, -0.1) is 0 Å². The molecule has 1 aliphatic rings. The number of carbonyl (C=O) groups excluding carboxylic acids is 1. The number of carbonyl (C=O) groups is 1. The van der Waals surface area contributed by atoms with E-state index in [9.17, 15) is 4.79 Å². The average Bonchev–Trinajstić information content (AvgIpc) is 3.49. The fourth-order valence-corrected chi connectivity index (χ4v) is 4.81. The van der Waals surface area contributed by atoms with Gasteiger partial charge in [0.05, 0.1) is 0 Å². The summed E-state index contributed by atoms with van der Waals surface area (Å²) >= 11 is 0. The quantitative estimate of drug-likeness (QED) is 0.380.